The number of methoxy groups -OCH3 is 4. The first kappa shape index (κ1) is 111. The Bertz CT molecular complexity index is 4700. The fraction of sp³-hybridized carbons (Fsp3) is 0.636. The molecule has 0 bridgehead atoms. The average molecular weight is 2070 g/mol. The number of carbonyl (C=O) groups is 2. The van der Waals surface area contributed by atoms with Crippen molar-refractivity contribution in [2.24, 2.45) is 0 Å². The molecule has 33 heteroatoms. The number of hydrogen-bond acceptors (Lipinski definition) is 23. The van der Waals surface area contributed by atoms with Crippen molar-refractivity contribution in [3.05, 3.63) is 136 Å². The second-order valence-corrected chi connectivity index (χ2v) is 76.6. The second kappa shape index (κ2) is 54.7. The van der Waals surface area contributed by atoms with Gasteiger partial charge in [-0.2, -0.15) is 29.4 Å². The molecular formula is C99H161BrN12O15Si4Sn. The minimum Gasteiger partial charge on any atom is -0.461 e. The Morgan fingerprint density at radius 3 is 1.16 bits per heavy atom. The summed E-state index contributed by atoms with van der Waals surface area (Å²) in [6, 6.07) is 24.3. The van der Waals surface area contributed by atoms with Gasteiger partial charge in [0, 0.05) is 139 Å². The summed E-state index contributed by atoms with van der Waals surface area (Å²) in [5.41, 5.74) is 8.21. The summed E-state index contributed by atoms with van der Waals surface area (Å²) in [6.45, 7) is 55.2. The van der Waals surface area contributed by atoms with Gasteiger partial charge in [-0.15, -0.1) is 0 Å². The Morgan fingerprint density at radius 1 is 0.462 bits per heavy atom. The van der Waals surface area contributed by atoms with Crippen molar-refractivity contribution in [3.8, 4) is 33.6 Å². The van der Waals surface area contributed by atoms with Gasteiger partial charge in [-0.1, -0.05) is 122 Å². The first-order valence-electron chi connectivity index (χ1n) is 48.1. The third-order valence-corrected chi connectivity index (χ3v) is 47.1. The number of nitrogens with zero attached hydrogens (tertiary/aromatic N) is 12. The number of anilines is 2. The number of halogens is 1. The van der Waals surface area contributed by atoms with Crippen LogP contribution in [0.1, 0.15) is 153 Å². The van der Waals surface area contributed by atoms with Crippen LogP contribution in [0.25, 0.3) is 50.5 Å². The molecule has 6 aromatic heterocycles. The van der Waals surface area contributed by atoms with E-state index in [1.54, 1.807) is 28.4 Å². The third kappa shape index (κ3) is 33.5. The third-order valence-electron chi connectivity index (χ3n) is 24.5. The molecule has 2 aromatic carbocycles. The molecule has 0 aliphatic heterocycles. The van der Waals surface area contributed by atoms with E-state index in [9.17, 15) is 9.59 Å². The van der Waals surface area contributed by atoms with Crippen LogP contribution < -0.4 is 9.80 Å². The SMILES string of the molecule is C=C(C)c1c(C2CCC(OCCOC)(C(=O)OCCOC)CC2)nc2c(-c3cnn(-c4ccccc4)c3)cnn2c1N(COCC[Si](C)(C)C)COCC[Si](C)(C)C.C=[C](OCC)[Sn]([CH2]CCC)([CH2]CCC)[CH2]CCC.COCCOC(=O)C1(OCCOC)CCC(c2nc3c(-c4cnn(-c5ccccc5)c4)cnn3c(N(COCC[Si](C)(C)C)COCC[Si](C)(C)C)c2Br)CC1. The zero-order valence-electron chi connectivity index (χ0n) is 84.0. The molecule has 0 saturated heterocycles. The zero-order chi connectivity index (χ0) is 96.1. The number of ether oxygens (including phenoxy) is 13. The van der Waals surface area contributed by atoms with Crippen LogP contribution in [0.15, 0.2) is 119 Å². The summed E-state index contributed by atoms with van der Waals surface area (Å²) in [7, 11) is 1.11. The van der Waals surface area contributed by atoms with Gasteiger partial charge in [0.2, 0.25) is 0 Å². The van der Waals surface area contributed by atoms with Gasteiger partial charge in [-0.3, -0.25) is 0 Å². The van der Waals surface area contributed by atoms with Gasteiger partial charge < -0.3 is 66.6 Å². The number of benzene rings is 2. The Balaban J connectivity index is 0.000000274. The number of esters is 2. The van der Waals surface area contributed by atoms with Gasteiger partial charge in [0.15, 0.2) is 28.3 Å². The quantitative estimate of drug-likeness (QED) is 0.0113. The van der Waals surface area contributed by atoms with E-state index in [1.807, 2.05) is 123 Å². The van der Waals surface area contributed by atoms with Gasteiger partial charge in [0.25, 0.3) is 0 Å². The van der Waals surface area contributed by atoms with E-state index in [2.05, 4.69) is 150 Å². The van der Waals surface area contributed by atoms with Gasteiger partial charge in [-0.25, -0.2) is 28.9 Å². The number of rotatable bonds is 57. The molecule has 0 amide bonds. The van der Waals surface area contributed by atoms with Crippen molar-refractivity contribution in [2.75, 3.05) is 151 Å². The van der Waals surface area contributed by atoms with Crippen LogP contribution in [0, 0.1) is 0 Å². The van der Waals surface area contributed by atoms with Crippen LogP contribution in [-0.4, -0.2) is 264 Å². The molecule has 0 radical (unpaired) electrons. The number of para-hydroxylation sites is 2. The second-order valence-electron chi connectivity index (χ2n) is 40.1. The molecule has 2 saturated carbocycles. The van der Waals surface area contributed by atoms with Crippen LogP contribution in [0.3, 0.4) is 0 Å². The fourth-order valence-corrected chi connectivity index (χ4v) is 34.8. The molecular weight excluding hydrogens is 1910 g/mol. The van der Waals surface area contributed by atoms with Crippen molar-refractivity contribution < 1.29 is 71.2 Å². The maximum Gasteiger partial charge on any atom is 0.338 e. The largest absolute Gasteiger partial charge is 0.461 e. The summed E-state index contributed by atoms with van der Waals surface area (Å²) in [4.78, 5) is 42.3. The van der Waals surface area contributed by atoms with Gasteiger partial charge in [-0.05, 0) is 128 Å². The normalized spacial score (nSPS) is 16.8. The summed E-state index contributed by atoms with van der Waals surface area (Å²) >= 11 is 1.80. The van der Waals surface area contributed by atoms with E-state index >= 15 is 0 Å². The summed E-state index contributed by atoms with van der Waals surface area (Å²) in [5, 5.41) is 19.4. The average Bonchev–Trinajstić information content (AvgIpc) is 1.53. The minimum absolute atomic E-state index is 0.0105. The van der Waals surface area contributed by atoms with Crippen LogP contribution in [0.5, 0.6) is 0 Å². The molecule has 2 aliphatic carbocycles. The van der Waals surface area contributed by atoms with Gasteiger partial charge >= 0.3 is 132 Å². The molecule has 0 unspecified atom stereocenters. The molecule has 2 aliphatic rings. The smallest absolute Gasteiger partial charge is 0.338 e. The fourth-order valence-electron chi connectivity index (χ4n) is 16.4. The van der Waals surface area contributed by atoms with Crippen molar-refractivity contribution >= 4 is 107 Å². The minimum atomic E-state index is -2.24. The monoisotopic (exact) mass is 2070 g/mol. The Hall–Kier alpha value is -6.33. The molecule has 734 valence electrons. The number of unbranched alkanes of at least 4 members (excludes halogenated alkanes) is 3. The van der Waals surface area contributed by atoms with Gasteiger partial charge in [0.05, 0.1) is 91.7 Å². The number of fused-ring (bicyclic) bond motifs is 2. The number of carbonyl (C=O) groups excluding carboxylic acids is 2. The molecule has 132 heavy (non-hydrogen) atoms. The predicted molar refractivity (Wildman–Crippen MR) is 549 cm³/mol. The Kier molecular flexibility index (Phi) is 46.0. The first-order chi connectivity index (χ1) is 63.1. The Morgan fingerprint density at radius 2 is 0.811 bits per heavy atom. The van der Waals surface area contributed by atoms with Crippen molar-refractivity contribution in [1.29, 1.82) is 0 Å². The molecule has 10 rings (SSSR count). The van der Waals surface area contributed by atoms with Crippen LogP contribution in [0.4, 0.5) is 11.6 Å². The van der Waals surface area contributed by atoms with Crippen LogP contribution in [-0.2, 0) is 71.2 Å². The molecule has 6 heterocycles. The number of allylic oxidation sites excluding steroid dienone is 1. The molecule has 0 spiro atoms. The molecule has 0 N–H and O–H groups in total. The van der Waals surface area contributed by atoms with Crippen molar-refractivity contribution in [2.45, 2.75) is 264 Å². The van der Waals surface area contributed by atoms with Crippen molar-refractivity contribution in [1.82, 2.24) is 48.8 Å². The summed E-state index contributed by atoms with van der Waals surface area (Å²) < 4.78 is 90.4. The molecule has 27 nitrogen and oxygen atoms in total. The van der Waals surface area contributed by atoms with E-state index in [1.165, 1.54) is 55.6 Å². The van der Waals surface area contributed by atoms with Crippen molar-refractivity contribution in [3.63, 3.8) is 0 Å². The molecule has 2 fully saturated rings. The topological polar surface area (TPSA) is 257 Å². The Labute approximate surface area is 805 Å². The van der Waals surface area contributed by atoms with E-state index in [-0.39, 0.29) is 43.6 Å². The maximum atomic E-state index is 13.6. The van der Waals surface area contributed by atoms with Gasteiger partial charge in [0.1, 0.15) is 46.0 Å². The standard InChI is InChI=1S/C43H66N6O7Si2.C40H61BrN6O7Si2.C4H7O.3C4H9.Sn/c1-33(2)38-39(34-16-18-43(19-17-34,56-23-21-52-4)42(50)55-22-20-51-3)46-40-37(35-28-44-48(30-35)36-14-12-11-13-15-36)29-45-49(40)41(38)47(31-53-24-26-57(5,6)7)32-54-25-27-58(8,9)10;1-49-18-20-53-39(48)40(54-21-19-50-2)16-14-31(15-17-40)36-35(41)38(45(29-51-22-24-55(3,4)5)30-52-23-25-56(6,7)8)47-37(44-36)34(27-43-47)32-26-42-46(28-32)33-12-10-9-11-13-33;1-3-5-4-2;3*1-3-4-2;/h11-15,28-30,34H,1,16-27,31-32H2,2-10H3;9-13,26-28,31H,14-25,29-30H2,1-8H3;1,4H2,2H3;3*1,3-4H2,2H3;. The van der Waals surface area contributed by atoms with Crippen LogP contribution in [0.2, 0.25) is 116 Å². The van der Waals surface area contributed by atoms with Crippen LogP contribution >= 0.6 is 15.9 Å². The summed E-state index contributed by atoms with van der Waals surface area (Å²) in [5.74, 6) is 0.893. The number of hydrogen-bond donors (Lipinski definition) is 0. The van der Waals surface area contributed by atoms with E-state index < -0.39 is 61.9 Å². The molecule has 8 aromatic rings. The van der Waals surface area contributed by atoms with E-state index in [0.717, 1.165) is 103 Å². The predicted octanol–water partition coefficient (Wildman–Crippen LogP) is 22.2. The maximum absolute atomic E-state index is 13.6. The first-order valence-corrected chi connectivity index (χ1v) is 71.2. The number of aromatic nitrogens is 10. The summed E-state index contributed by atoms with van der Waals surface area (Å²) in [6.07, 6.45) is 24.0. The van der Waals surface area contributed by atoms with E-state index in [4.69, 9.17) is 86.8 Å². The molecule has 0 atom stereocenters. The zero-order valence-corrected chi connectivity index (χ0v) is 92.5. The van der Waals surface area contributed by atoms with E-state index in [0.29, 0.717) is 149 Å².